The number of carbonyl (C=O) groups excluding carboxylic acids is 3. The Morgan fingerprint density at radius 2 is 1.89 bits per heavy atom. The molecule has 0 radical (unpaired) electrons. The van der Waals surface area contributed by atoms with Crippen molar-refractivity contribution in [3.63, 3.8) is 0 Å². The summed E-state index contributed by atoms with van der Waals surface area (Å²) in [5, 5.41) is 12.7. The van der Waals surface area contributed by atoms with E-state index >= 15 is 0 Å². The van der Waals surface area contributed by atoms with Crippen molar-refractivity contribution in [1.82, 2.24) is 0 Å². The molecule has 0 aliphatic carbocycles. The fourth-order valence-corrected chi connectivity index (χ4v) is 2.62. The number of benzene rings is 2. The number of anilines is 1. The fraction of sp³-hybridized carbons (Fsp3) is 0.150. The number of hydrogen-bond acceptors (Lipinski definition) is 6. The standard InChI is InChI=1S/C20H18N2O6/c1-11(20(26)22-14-4-2-12(3-5-14)19(21)25)28-18(24)8-13-10-27-17-9-15(23)6-7-16(13)17/h2-7,9-11,23H,8H2,1H3,(H2,21,25)(H,22,26)/t11-/m1/s1. The van der Waals surface area contributed by atoms with Crippen LogP contribution in [0, 0.1) is 0 Å². The van der Waals surface area contributed by atoms with Gasteiger partial charge in [-0.3, -0.25) is 14.4 Å². The molecular formula is C20H18N2O6. The highest BCUT2D eigenvalue weighted by atomic mass is 16.5. The maximum absolute atomic E-state index is 12.2. The minimum atomic E-state index is -1.02. The lowest BCUT2D eigenvalue weighted by molar-refractivity contribution is -0.152. The van der Waals surface area contributed by atoms with Gasteiger partial charge in [0.15, 0.2) is 6.10 Å². The minimum Gasteiger partial charge on any atom is -0.508 e. The van der Waals surface area contributed by atoms with Gasteiger partial charge >= 0.3 is 5.97 Å². The summed E-state index contributed by atoms with van der Waals surface area (Å²) in [6, 6.07) is 10.6. The Kier molecular flexibility index (Phi) is 5.30. The summed E-state index contributed by atoms with van der Waals surface area (Å²) in [5.74, 6) is -1.61. The molecule has 0 bridgehead atoms. The summed E-state index contributed by atoms with van der Waals surface area (Å²) in [6.45, 7) is 1.45. The van der Waals surface area contributed by atoms with E-state index in [-0.39, 0.29) is 12.2 Å². The zero-order chi connectivity index (χ0) is 20.3. The molecule has 4 N–H and O–H groups in total. The van der Waals surface area contributed by atoms with Crippen molar-refractivity contribution in [2.45, 2.75) is 19.4 Å². The average molecular weight is 382 g/mol. The van der Waals surface area contributed by atoms with Gasteiger partial charge in [-0.15, -0.1) is 0 Å². The van der Waals surface area contributed by atoms with Crippen LogP contribution in [0.1, 0.15) is 22.8 Å². The summed E-state index contributed by atoms with van der Waals surface area (Å²) in [6.07, 6.45) is 0.310. The highest BCUT2D eigenvalue weighted by Gasteiger charge is 2.19. The molecule has 0 saturated carbocycles. The van der Waals surface area contributed by atoms with E-state index in [9.17, 15) is 19.5 Å². The lowest BCUT2D eigenvalue weighted by Crippen LogP contribution is -2.30. The molecular weight excluding hydrogens is 364 g/mol. The number of nitrogens with two attached hydrogens (primary N) is 1. The topological polar surface area (TPSA) is 132 Å². The molecule has 144 valence electrons. The number of fused-ring (bicyclic) bond motifs is 1. The van der Waals surface area contributed by atoms with Gasteiger partial charge in [-0.1, -0.05) is 0 Å². The number of aromatic hydroxyl groups is 1. The molecule has 0 fully saturated rings. The zero-order valence-electron chi connectivity index (χ0n) is 15.0. The van der Waals surface area contributed by atoms with Crippen molar-refractivity contribution in [3.8, 4) is 5.75 Å². The number of ether oxygens (including phenoxy) is 1. The highest BCUT2D eigenvalue weighted by Crippen LogP contribution is 2.25. The van der Waals surface area contributed by atoms with E-state index in [0.29, 0.717) is 27.8 Å². The molecule has 2 aromatic carbocycles. The summed E-state index contributed by atoms with van der Waals surface area (Å²) >= 11 is 0. The Morgan fingerprint density at radius 3 is 2.57 bits per heavy atom. The first-order valence-corrected chi connectivity index (χ1v) is 8.43. The average Bonchev–Trinajstić information content (AvgIpc) is 3.03. The van der Waals surface area contributed by atoms with E-state index in [2.05, 4.69) is 5.32 Å². The Balaban J connectivity index is 1.58. The third-order valence-corrected chi connectivity index (χ3v) is 4.09. The maximum Gasteiger partial charge on any atom is 0.311 e. The predicted molar refractivity (Wildman–Crippen MR) is 101 cm³/mol. The second-order valence-corrected chi connectivity index (χ2v) is 6.18. The SMILES string of the molecule is C[C@@H](OC(=O)Cc1coc2cc(O)ccc12)C(=O)Nc1ccc(C(N)=O)cc1. The van der Waals surface area contributed by atoms with Crippen molar-refractivity contribution in [2.75, 3.05) is 5.32 Å². The lowest BCUT2D eigenvalue weighted by atomic mass is 10.1. The molecule has 0 aliphatic heterocycles. The van der Waals surface area contributed by atoms with Gasteiger partial charge in [-0.05, 0) is 43.3 Å². The lowest BCUT2D eigenvalue weighted by Gasteiger charge is -2.13. The van der Waals surface area contributed by atoms with Crippen LogP contribution >= 0.6 is 0 Å². The number of carbonyl (C=O) groups is 3. The van der Waals surface area contributed by atoms with Gasteiger partial charge in [0.05, 0.1) is 12.7 Å². The van der Waals surface area contributed by atoms with Crippen molar-refractivity contribution >= 4 is 34.4 Å². The van der Waals surface area contributed by atoms with Crippen molar-refractivity contribution < 1.29 is 28.6 Å². The molecule has 0 saturated heterocycles. The molecule has 0 unspecified atom stereocenters. The molecule has 1 aromatic heterocycles. The van der Waals surface area contributed by atoms with Crippen LogP contribution < -0.4 is 11.1 Å². The Bertz CT molecular complexity index is 1040. The van der Waals surface area contributed by atoms with Crippen molar-refractivity contribution in [2.24, 2.45) is 5.73 Å². The number of furan rings is 1. The van der Waals surface area contributed by atoms with E-state index in [1.54, 1.807) is 6.07 Å². The largest absolute Gasteiger partial charge is 0.508 e. The van der Waals surface area contributed by atoms with Crippen molar-refractivity contribution in [1.29, 1.82) is 0 Å². The Hall–Kier alpha value is -3.81. The first kappa shape index (κ1) is 19.0. The summed E-state index contributed by atoms with van der Waals surface area (Å²) in [7, 11) is 0. The molecule has 28 heavy (non-hydrogen) atoms. The van der Waals surface area contributed by atoms with Gasteiger partial charge in [0.1, 0.15) is 11.3 Å². The molecule has 2 amide bonds. The molecule has 1 heterocycles. The molecule has 3 rings (SSSR count). The highest BCUT2D eigenvalue weighted by molar-refractivity contribution is 5.97. The molecule has 3 aromatic rings. The number of amides is 2. The first-order valence-electron chi connectivity index (χ1n) is 8.43. The normalized spacial score (nSPS) is 11.8. The number of rotatable bonds is 6. The fourth-order valence-electron chi connectivity index (χ4n) is 2.62. The molecule has 0 spiro atoms. The van der Waals surface area contributed by atoms with E-state index in [1.807, 2.05) is 0 Å². The molecule has 8 heteroatoms. The van der Waals surface area contributed by atoms with Gasteiger partial charge in [-0.2, -0.15) is 0 Å². The van der Waals surface area contributed by atoms with Crippen LogP contribution in [0.25, 0.3) is 11.0 Å². The number of hydrogen-bond donors (Lipinski definition) is 3. The smallest absolute Gasteiger partial charge is 0.311 e. The molecule has 1 atom stereocenters. The number of nitrogens with one attached hydrogen (secondary N) is 1. The summed E-state index contributed by atoms with van der Waals surface area (Å²) in [4.78, 5) is 35.4. The predicted octanol–water partition coefficient (Wildman–Crippen LogP) is 2.35. The van der Waals surface area contributed by atoms with Crippen molar-refractivity contribution in [3.05, 3.63) is 59.9 Å². The van der Waals surface area contributed by atoms with Gasteiger partial charge in [0.25, 0.3) is 5.91 Å². The number of phenols is 1. The monoisotopic (exact) mass is 382 g/mol. The van der Waals surface area contributed by atoms with Gasteiger partial charge in [0.2, 0.25) is 5.91 Å². The van der Waals surface area contributed by atoms with Gasteiger partial charge < -0.3 is 25.3 Å². The van der Waals surface area contributed by atoms with E-state index in [4.69, 9.17) is 14.9 Å². The zero-order valence-corrected chi connectivity index (χ0v) is 15.0. The van der Waals surface area contributed by atoms with Crippen LogP contribution in [-0.4, -0.2) is 29.0 Å². The second kappa shape index (κ2) is 7.83. The van der Waals surface area contributed by atoms with Crippen LogP contribution in [0.5, 0.6) is 5.75 Å². The van der Waals surface area contributed by atoms with E-state index in [0.717, 1.165) is 0 Å². The van der Waals surface area contributed by atoms with Crippen LogP contribution in [0.15, 0.2) is 53.1 Å². The summed E-state index contributed by atoms with van der Waals surface area (Å²) in [5.41, 5.74) is 6.97. The number of primary amides is 1. The number of phenolic OH excluding ortho intramolecular Hbond substituents is 1. The third-order valence-electron chi connectivity index (χ3n) is 4.09. The minimum absolute atomic E-state index is 0.0603. The third kappa shape index (κ3) is 4.29. The first-order chi connectivity index (χ1) is 13.3. The number of esters is 1. The Morgan fingerprint density at radius 1 is 1.18 bits per heavy atom. The van der Waals surface area contributed by atoms with Gasteiger partial charge in [0, 0.05) is 28.3 Å². The molecule has 0 aliphatic rings. The second-order valence-electron chi connectivity index (χ2n) is 6.18. The van der Waals surface area contributed by atoms with Gasteiger partial charge in [-0.25, -0.2) is 0 Å². The summed E-state index contributed by atoms with van der Waals surface area (Å²) < 4.78 is 10.5. The van der Waals surface area contributed by atoms with E-state index < -0.39 is 23.9 Å². The maximum atomic E-state index is 12.2. The van der Waals surface area contributed by atoms with Crippen LogP contribution in [0.2, 0.25) is 0 Å². The van der Waals surface area contributed by atoms with E-state index in [1.165, 1.54) is 49.6 Å². The quantitative estimate of drug-likeness (QED) is 0.561. The van der Waals surface area contributed by atoms with Crippen LogP contribution in [0.3, 0.4) is 0 Å². The van der Waals surface area contributed by atoms with Crippen LogP contribution in [-0.2, 0) is 20.7 Å². The molecule has 8 nitrogen and oxygen atoms in total. The Labute approximate surface area is 159 Å². The van der Waals surface area contributed by atoms with Crippen LogP contribution in [0.4, 0.5) is 5.69 Å².